The molecule has 2 fully saturated rings. The molecule has 124 valence electrons. The molecule has 3 atom stereocenters. The van der Waals surface area contributed by atoms with Crippen LogP contribution in [0.1, 0.15) is 50.7 Å². The quantitative estimate of drug-likeness (QED) is 0.907. The summed E-state index contributed by atoms with van der Waals surface area (Å²) in [5.41, 5.74) is 1.19. The minimum Gasteiger partial charge on any atom is -0.381 e. The summed E-state index contributed by atoms with van der Waals surface area (Å²) < 4.78 is 13.4. The summed E-state index contributed by atoms with van der Waals surface area (Å²) in [5.74, 6) is 0.803. The van der Waals surface area contributed by atoms with Crippen molar-refractivity contribution >= 4 is 0 Å². The number of hydrogen-bond acceptors (Lipinski definition) is 4. The molecule has 0 aromatic carbocycles. The molecule has 2 aliphatic heterocycles. The van der Waals surface area contributed by atoms with Crippen LogP contribution in [0.15, 0.2) is 12.4 Å². The van der Waals surface area contributed by atoms with Crippen LogP contribution in [-0.2, 0) is 16.5 Å². The highest BCUT2D eigenvalue weighted by atomic mass is 16.5. The summed E-state index contributed by atoms with van der Waals surface area (Å²) in [4.78, 5) is 0. The SMILES string of the molecule is CC(CC1CCOCC1)N[C@H]1CCCO[C@@H]1c1cnn(C)c1. The molecule has 1 aromatic heterocycles. The van der Waals surface area contributed by atoms with Gasteiger partial charge in [0.1, 0.15) is 6.10 Å². The second-order valence-electron chi connectivity index (χ2n) is 6.85. The van der Waals surface area contributed by atoms with Crippen LogP contribution < -0.4 is 5.32 Å². The molecule has 0 saturated carbocycles. The summed E-state index contributed by atoms with van der Waals surface area (Å²) in [6.45, 7) is 5.03. The van der Waals surface area contributed by atoms with Gasteiger partial charge in [-0.25, -0.2) is 0 Å². The summed E-state index contributed by atoms with van der Waals surface area (Å²) in [5, 5.41) is 8.12. The highest BCUT2D eigenvalue weighted by molar-refractivity contribution is 5.12. The first-order valence-electron chi connectivity index (χ1n) is 8.66. The number of nitrogens with zero attached hydrogens (tertiary/aromatic N) is 2. The topological polar surface area (TPSA) is 48.3 Å². The maximum Gasteiger partial charge on any atom is 0.101 e. The van der Waals surface area contributed by atoms with Crippen LogP contribution in [-0.4, -0.2) is 41.7 Å². The average molecular weight is 307 g/mol. The highest BCUT2D eigenvalue weighted by Gasteiger charge is 2.30. The smallest absolute Gasteiger partial charge is 0.101 e. The fraction of sp³-hybridized carbons (Fsp3) is 0.824. The lowest BCUT2D eigenvalue weighted by atomic mass is 9.91. The van der Waals surface area contributed by atoms with Crippen molar-refractivity contribution in [2.45, 2.75) is 57.2 Å². The Morgan fingerprint density at radius 1 is 1.32 bits per heavy atom. The molecule has 3 heterocycles. The van der Waals surface area contributed by atoms with Crippen LogP contribution in [0.5, 0.6) is 0 Å². The van der Waals surface area contributed by atoms with E-state index in [4.69, 9.17) is 9.47 Å². The number of aryl methyl sites for hydroxylation is 1. The number of rotatable bonds is 5. The molecule has 2 aliphatic rings. The van der Waals surface area contributed by atoms with E-state index in [0.29, 0.717) is 12.1 Å². The molecule has 0 aliphatic carbocycles. The summed E-state index contributed by atoms with van der Waals surface area (Å²) in [6, 6.07) is 0.918. The van der Waals surface area contributed by atoms with Gasteiger partial charge in [-0.1, -0.05) is 0 Å². The van der Waals surface area contributed by atoms with Gasteiger partial charge in [-0.3, -0.25) is 4.68 Å². The van der Waals surface area contributed by atoms with Crippen LogP contribution in [0.25, 0.3) is 0 Å². The molecule has 0 bridgehead atoms. The third kappa shape index (κ3) is 4.09. The van der Waals surface area contributed by atoms with E-state index < -0.39 is 0 Å². The normalized spacial score (nSPS) is 28.6. The Kier molecular flexibility index (Phi) is 5.50. The summed E-state index contributed by atoms with van der Waals surface area (Å²) in [7, 11) is 1.96. The highest BCUT2D eigenvalue weighted by Crippen LogP contribution is 2.29. The third-order valence-electron chi connectivity index (χ3n) is 4.90. The molecule has 2 saturated heterocycles. The van der Waals surface area contributed by atoms with Crippen molar-refractivity contribution in [2.24, 2.45) is 13.0 Å². The van der Waals surface area contributed by atoms with Crippen molar-refractivity contribution in [3.8, 4) is 0 Å². The van der Waals surface area contributed by atoms with Crippen LogP contribution in [0, 0.1) is 5.92 Å². The molecule has 0 radical (unpaired) electrons. The van der Waals surface area contributed by atoms with Crippen molar-refractivity contribution < 1.29 is 9.47 Å². The standard InChI is InChI=1S/C17H29N3O2/c1-13(10-14-5-8-21-9-6-14)19-16-4-3-7-22-17(16)15-11-18-20(2)12-15/h11-14,16-17,19H,3-10H2,1-2H3/t13?,16-,17+/m0/s1. The van der Waals surface area contributed by atoms with Gasteiger partial charge in [0.25, 0.3) is 0 Å². The first-order valence-corrected chi connectivity index (χ1v) is 8.66. The third-order valence-corrected chi connectivity index (χ3v) is 4.90. The van der Waals surface area contributed by atoms with Gasteiger partial charge in [0.2, 0.25) is 0 Å². The number of ether oxygens (including phenoxy) is 2. The zero-order valence-corrected chi connectivity index (χ0v) is 13.8. The summed E-state index contributed by atoms with van der Waals surface area (Å²) >= 11 is 0. The molecular formula is C17H29N3O2. The van der Waals surface area contributed by atoms with Gasteiger partial charge in [-0.2, -0.15) is 5.10 Å². The van der Waals surface area contributed by atoms with Gasteiger partial charge in [0, 0.05) is 50.7 Å². The molecule has 5 heteroatoms. The van der Waals surface area contributed by atoms with Gasteiger partial charge in [0.05, 0.1) is 6.20 Å². The monoisotopic (exact) mass is 307 g/mol. The Morgan fingerprint density at radius 3 is 2.86 bits per heavy atom. The van der Waals surface area contributed by atoms with Crippen molar-refractivity contribution in [1.29, 1.82) is 0 Å². The van der Waals surface area contributed by atoms with Crippen LogP contribution in [0.3, 0.4) is 0 Å². The minimum atomic E-state index is 0.139. The van der Waals surface area contributed by atoms with Crippen molar-refractivity contribution in [2.75, 3.05) is 19.8 Å². The van der Waals surface area contributed by atoms with Crippen LogP contribution in [0.2, 0.25) is 0 Å². The Morgan fingerprint density at radius 2 is 2.14 bits per heavy atom. The predicted molar refractivity (Wildman–Crippen MR) is 85.7 cm³/mol. The van der Waals surface area contributed by atoms with Gasteiger partial charge in [0.15, 0.2) is 0 Å². The zero-order chi connectivity index (χ0) is 15.4. The molecule has 3 rings (SSSR count). The Bertz CT molecular complexity index is 457. The lowest BCUT2D eigenvalue weighted by Crippen LogP contribution is -2.44. The molecule has 5 nitrogen and oxygen atoms in total. The first-order chi connectivity index (χ1) is 10.7. The minimum absolute atomic E-state index is 0.139. The van der Waals surface area contributed by atoms with Gasteiger partial charge < -0.3 is 14.8 Å². The molecule has 1 unspecified atom stereocenters. The van der Waals surface area contributed by atoms with E-state index >= 15 is 0 Å². The van der Waals surface area contributed by atoms with E-state index in [1.807, 2.05) is 17.9 Å². The summed E-state index contributed by atoms with van der Waals surface area (Å²) in [6.07, 6.45) is 10.1. The van der Waals surface area contributed by atoms with Crippen LogP contribution in [0.4, 0.5) is 0 Å². The number of hydrogen-bond donors (Lipinski definition) is 1. The van der Waals surface area contributed by atoms with E-state index in [-0.39, 0.29) is 6.10 Å². The van der Waals surface area contributed by atoms with Gasteiger partial charge >= 0.3 is 0 Å². The zero-order valence-electron chi connectivity index (χ0n) is 13.8. The molecule has 0 amide bonds. The van der Waals surface area contributed by atoms with E-state index in [0.717, 1.165) is 32.2 Å². The number of nitrogens with one attached hydrogen (secondary N) is 1. The fourth-order valence-corrected chi connectivity index (χ4v) is 3.78. The number of aromatic nitrogens is 2. The second kappa shape index (κ2) is 7.57. The van der Waals surface area contributed by atoms with Gasteiger partial charge in [-0.15, -0.1) is 0 Å². The average Bonchev–Trinajstić information content (AvgIpc) is 2.95. The predicted octanol–water partition coefficient (Wildman–Crippen LogP) is 2.44. The van der Waals surface area contributed by atoms with E-state index in [9.17, 15) is 0 Å². The van der Waals surface area contributed by atoms with E-state index in [1.165, 1.54) is 31.2 Å². The molecule has 1 aromatic rings. The second-order valence-corrected chi connectivity index (χ2v) is 6.85. The Balaban J connectivity index is 1.56. The van der Waals surface area contributed by atoms with E-state index in [1.54, 1.807) is 0 Å². The first kappa shape index (κ1) is 16.0. The Labute approximate surface area is 133 Å². The molecule has 0 spiro atoms. The van der Waals surface area contributed by atoms with Gasteiger partial charge in [-0.05, 0) is 44.9 Å². The van der Waals surface area contributed by atoms with Crippen molar-refractivity contribution in [3.63, 3.8) is 0 Å². The fourth-order valence-electron chi connectivity index (χ4n) is 3.78. The van der Waals surface area contributed by atoms with E-state index in [2.05, 4.69) is 23.5 Å². The van der Waals surface area contributed by atoms with Crippen molar-refractivity contribution in [1.82, 2.24) is 15.1 Å². The molecular weight excluding hydrogens is 278 g/mol. The largest absolute Gasteiger partial charge is 0.381 e. The maximum absolute atomic E-state index is 6.04. The Hall–Kier alpha value is -0.910. The lowest BCUT2D eigenvalue weighted by Gasteiger charge is -2.35. The van der Waals surface area contributed by atoms with Crippen LogP contribution >= 0.6 is 0 Å². The molecule has 22 heavy (non-hydrogen) atoms. The molecule has 1 N–H and O–H groups in total. The van der Waals surface area contributed by atoms with Crippen molar-refractivity contribution in [3.05, 3.63) is 18.0 Å². The maximum atomic E-state index is 6.04. The lowest BCUT2D eigenvalue weighted by molar-refractivity contribution is -0.0150.